The van der Waals surface area contributed by atoms with Gasteiger partial charge >= 0.3 is 11.9 Å². The Morgan fingerprint density at radius 3 is 1.61 bits per heavy atom. The molecule has 0 radical (unpaired) electrons. The minimum Gasteiger partial charge on any atom is -0.426 e. The molecule has 0 aliphatic carbocycles. The minimum absolute atomic E-state index is 0.181. The maximum absolute atomic E-state index is 11.4. The number of hydrogen-bond acceptors (Lipinski definition) is 4. The summed E-state index contributed by atoms with van der Waals surface area (Å²) in [6.45, 7) is 0. The van der Waals surface area contributed by atoms with Crippen LogP contribution in [0, 0.1) is 0 Å². The Morgan fingerprint density at radius 2 is 1.17 bits per heavy atom. The van der Waals surface area contributed by atoms with Gasteiger partial charge in [0, 0.05) is 24.0 Å². The first-order chi connectivity index (χ1) is 8.74. The molecule has 94 valence electrons. The topological polar surface area (TPSA) is 52.6 Å². The number of hydrogen-bond donors (Lipinski definition) is 0. The van der Waals surface area contributed by atoms with Gasteiger partial charge in [0.15, 0.2) is 0 Å². The van der Waals surface area contributed by atoms with Gasteiger partial charge in [0.2, 0.25) is 0 Å². The zero-order chi connectivity index (χ0) is 12.5. The van der Waals surface area contributed by atoms with E-state index in [1.807, 2.05) is 0 Å². The highest BCUT2D eigenvalue weighted by Gasteiger charge is 2.23. The van der Waals surface area contributed by atoms with Crippen molar-refractivity contribution in [3.8, 4) is 11.5 Å². The average Bonchev–Trinajstić information content (AvgIpc) is 2.63. The van der Waals surface area contributed by atoms with Gasteiger partial charge in [-0.05, 0) is 37.8 Å². The Bertz CT molecular complexity index is 472. The van der Waals surface area contributed by atoms with Gasteiger partial charge in [-0.25, -0.2) is 0 Å². The van der Waals surface area contributed by atoms with Crippen LogP contribution in [-0.4, -0.2) is 11.9 Å². The molecule has 4 nitrogen and oxygen atoms in total. The van der Waals surface area contributed by atoms with Gasteiger partial charge < -0.3 is 9.47 Å². The fourth-order valence-electron chi connectivity index (χ4n) is 2.56. The van der Waals surface area contributed by atoms with E-state index in [4.69, 9.17) is 9.47 Å². The van der Waals surface area contributed by atoms with Crippen molar-refractivity contribution in [2.75, 3.05) is 0 Å². The van der Waals surface area contributed by atoms with E-state index in [9.17, 15) is 9.59 Å². The molecular weight excluding hydrogens is 232 g/mol. The predicted octanol–water partition coefficient (Wildman–Crippen LogP) is 2.17. The molecule has 0 spiro atoms. The molecule has 0 unspecified atom stereocenters. The third-order valence-electron chi connectivity index (χ3n) is 3.41. The summed E-state index contributed by atoms with van der Waals surface area (Å²) in [5.74, 6) is 0.905. The first-order valence-electron chi connectivity index (χ1n) is 6.30. The largest absolute Gasteiger partial charge is 0.426 e. The molecular formula is C14H14O4. The van der Waals surface area contributed by atoms with Gasteiger partial charge in [0.05, 0.1) is 0 Å². The van der Waals surface area contributed by atoms with E-state index in [0.29, 0.717) is 24.3 Å². The zero-order valence-electron chi connectivity index (χ0n) is 10.0. The maximum atomic E-state index is 11.4. The summed E-state index contributed by atoms with van der Waals surface area (Å²) in [5.41, 5.74) is 2.07. The highest BCUT2D eigenvalue weighted by molar-refractivity contribution is 5.76. The van der Waals surface area contributed by atoms with Gasteiger partial charge in [0.1, 0.15) is 11.5 Å². The molecule has 0 saturated heterocycles. The third-order valence-corrected chi connectivity index (χ3v) is 3.41. The fraction of sp³-hybridized carbons (Fsp3) is 0.429. The van der Waals surface area contributed by atoms with E-state index >= 15 is 0 Å². The van der Waals surface area contributed by atoms with Gasteiger partial charge in [0.25, 0.3) is 0 Å². The number of esters is 2. The van der Waals surface area contributed by atoms with Gasteiger partial charge in [-0.3, -0.25) is 9.59 Å². The SMILES string of the molecule is O=C1CCCc2c(ccc3c2CCCC(=O)O3)O1. The van der Waals surface area contributed by atoms with Crippen LogP contribution in [0.1, 0.15) is 36.8 Å². The van der Waals surface area contributed by atoms with Crippen molar-refractivity contribution < 1.29 is 19.1 Å². The summed E-state index contributed by atoms with van der Waals surface area (Å²) in [6, 6.07) is 3.46. The van der Waals surface area contributed by atoms with Crippen molar-refractivity contribution in [3.05, 3.63) is 23.3 Å². The summed E-state index contributed by atoms with van der Waals surface area (Å²) >= 11 is 0. The average molecular weight is 246 g/mol. The number of fused-ring (bicyclic) bond motifs is 3. The van der Waals surface area contributed by atoms with Gasteiger partial charge in [-0.15, -0.1) is 0 Å². The van der Waals surface area contributed by atoms with E-state index in [1.54, 1.807) is 12.1 Å². The molecule has 0 bridgehead atoms. The predicted molar refractivity (Wildman–Crippen MR) is 63.6 cm³/mol. The number of carbonyl (C=O) groups is 2. The first kappa shape index (κ1) is 11.3. The molecule has 1 aromatic rings. The standard InChI is InChI=1S/C14H14O4/c15-13-5-1-3-9-10-4-2-6-14(16)18-12(10)8-7-11(9)17-13/h7-8H,1-6H2. The van der Waals surface area contributed by atoms with E-state index in [-0.39, 0.29) is 11.9 Å². The summed E-state index contributed by atoms with van der Waals surface area (Å²) in [7, 11) is 0. The van der Waals surface area contributed by atoms with Crippen molar-refractivity contribution in [2.45, 2.75) is 38.5 Å². The first-order valence-corrected chi connectivity index (χ1v) is 6.30. The van der Waals surface area contributed by atoms with Crippen LogP contribution in [0.5, 0.6) is 11.5 Å². The van der Waals surface area contributed by atoms with Crippen LogP contribution in [0.2, 0.25) is 0 Å². The third kappa shape index (κ3) is 1.98. The molecule has 18 heavy (non-hydrogen) atoms. The quantitative estimate of drug-likeness (QED) is 0.520. The summed E-state index contributed by atoms with van der Waals surface area (Å²) in [5, 5.41) is 0. The Hall–Kier alpha value is -1.84. The van der Waals surface area contributed by atoms with Gasteiger partial charge in [-0.1, -0.05) is 0 Å². The van der Waals surface area contributed by atoms with Crippen molar-refractivity contribution >= 4 is 11.9 Å². The summed E-state index contributed by atoms with van der Waals surface area (Å²) in [4.78, 5) is 22.9. The molecule has 0 amide bonds. The monoisotopic (exact) mass is 246 g/mol. The lowest BCUT2D eigenvalue weighted by molar-refractivity contribution is -0.135. The smallest absolute Gasteiger partial charge is 0.311 e. The normalized spacial score (nSPS) is 18.9. The Morgan fingerprint density at radius 1 is 0.722 bits per heavy atom. The second-order valence-electron chi connectivity index (χ2n) is 4.67. The van der Waals surface area contributed by atoms with Crippen LogP contribution in [0.15, 0.2) is 12.1 Å². The van der Waals surface area contributed by atoms with Crippen LogP contribution in [0.4, 0.5) is 0 Å². The Balaban J connectivity index is 2.07. The molecule has 1 aromatic carbocycles. The maximum Gasteiger partial charge on any atom is 0.311 e. The highest BCUT2D eigenvalue weighted by atomic mass is 16.5. The number of ether oxygens (including phenoxy) is 2. The number of rotatable bonds is 0. The molecule has 2 aliphatic rings. The van der Waals surface area contributed by atoms with E-state index in [2.05, 4.69) is 0 Å². The number of carbonyl (C=O) groups excluding carboxylic acids is 2. The van der Waals surface area contributed by atoms with Crippen LogP contribution < -0.4 is 9.47 Å². The molecule has 0 fully saturated rings. The molecule has 2 aliphatic heterocycles. The van der Waals surface area contributed by atoms with Crippen LogP contribution in [-0.2, 0) is 22.4 Å². The van der Waals surface area contributed by atoms with Crippen LogP contribution in [0.25, 0.3) is 0 Å². The second kappa shape index (κ2) is 4.44. The lowest BCUT2D eigenvalue weighted by Crippen LogP contribution is -2.07. The summed E-state index contributed by atoms with van der Waals surface area (Å²) in [6.07, 6.45) is 4.09. The minimum atomic E-state index is -0.181. The second-order valence-corrected chi connectivity index (χ2v) is 4.67. The lowest BCUT2D eigenvalue weighted by atomic mass is 9.97. The highest BCUT2D eigenvalue weighted by Crippen LogP contribution is 2.36. The summed E-state index contributed by atoms with van der Waals surface area (Å²) < 4.78 is 10.6. The zero-order valence-corrected chi connectivity index (χ0v) is 10.0. The Labute approximate surface area is 105 Å². The van der Waals surface area contributed by atoms with Crippen LogP contribution in [0.3, 0.4) is 0 Å². The molecule has 0 aromatic heterocycles. The van der Waals surface area contributed by atoms with Crippen molar-refractivity contribution in [3.63, 3.8) is 0 Å². The fourth-order valence-corrected chi connectivity index (χ4v) is 2.56. The van der Waals surface area contributed by atoms with E-state index in [1.165, 1.54) is 0 Å². The van der Waals surface area contributed by atoms with E-state index < -0.39 is 0 Å². The molecule has 0 saturated carbocycles. The molecule has 4 heteroatoms. The molecule has 2 heterocycles. The van der Waals surface area contributed by atoms with E-state index in [0.717, 1.165) is 36.8 Å². The van der Waals surface area contributed by atoms with Crippen molar-refractivity contribution in [2.24, 2.45) is 0 Å². The van der Waals surface area contributed by atoms with Crippen molar-refractivity contribution in [1.29, 1.82) is 0 Å². The molecule has 0 atom stereocenters. The number of benzene rings is 1. The van der Waals surface area contributed by atoms with Gasteiger partial charge in [-0.2, -0.15) is 0 Å². The van der Waals surface area contributed by atoms with Crippen LogP contribution >= 0.6 is 0 Å². The molecule has 3 rings (SSSR count). The molecule has 0 N–H and O–H groups in total. The van der Waals surface area contributed by atoms with Crippen molar-refractivity contribution in [1.82, 2.24) is 0 Å². The Kier molecular flexibility index (Phi) is 2.78. The lowest BCUT2D eigenvalue weighted by Gasteiger charge is -2.13.